The first-order valence-electron chi connectivity index (χ1n) is 8.23. The Labute approximate surface area is 122 Å². The lowest BCUT2D eigenvalue weighted by Gasteiger charge is -2.36. The van der Waals surface area contributed by atoms with Gasteiger partial charge in [0.2, 0.25) is 0 Å². The van der Waals surface area contributed by atoms with Crippen LogP contribution in [0.15, 0.2) is 6.33 Å². The summed E-state index contributed by atoms with van der Waals surface area (Å²) in [5.74, 6) is 1.12. The van der Waals surface area contributed by atoms with Crippen molar-refractivity contribution in [1.82, 2.24) is 9.97 Å². The Hall–Kier alpha value is -1.12. The third-order valence-corrected chi connectivity index (χ3v) is 4.92. The Kier molecular flexibility index (Phi) is 3.95. The number of hydrogen-bond donors (Lipinski definition) is 1. The molecule has 1 atom stereocenters. The topological polar surface area (TPSA) is 37.8 Å². The van der Waals surface area contributed by atoms with Gasteiger partial charge in [0.1, 0.15) is 12.1 Å². The number of fused-ring (bicyclic) bond motifs is 1. The van der Waals surface area contributed by atoms with Crippen molar-refractivity contribution in [3.8, 4) is 0 Å². The molecule has 1 heterocycles. The molecule has 2 aliphatic carbocycles. The molecule has 3 rings (SSSR count). The third-order valence-electron chi connectivity index (χ3n) is 4.92. The lowest BCUT2D eigenvalue weighted by atomic mass is 9.75. The summed E-state index contributed by atoms with van der Waals surface area (Å²) in [5.41, 5.74) is 3.16. The summed E-state index contributed by atoms with van der Waals surface area (Å²) in [6.07, 6.45) is 13.1. The van der Waals surface area contributed by atoms with Crippen LogP contribution < -0.4 is 5.32 Å². The average molecular weight is 273 g/mol. The van der Waals surface area contributed by atoms with Gasteiger partial charge in [0.25, 0.3) is 0 Å². The van der Waals surface area contributed by atoms with Crippen LogP contribution in [0, 0.1) is 5.41 Å². The molecule has 0 spiro atoms. The average Bonchev–Trinajstić information content (AvgIpc) is 2.63. The molecule has 0 aliphatic heterocycles. The third kappa shape index (κ3) is 3.13. The number of rotatable bonds is 2. The van der Waals surface area contributed by atoms with Crippen molar-refractivity contribution in [2.24, 2.45) is 5.41 Å². The normalized spacial score (nSPS) is 25.6. The SMILES string of the molecule is CC1(C)CCCC(Nc2ncnc3c2CCCCC3)C1. The van der Waals surface area contributed by atoms with E-state index in [1.54, 1.807) is 6.33 Å². The van der Waals surface area contributed by atoms with Crippen LogP contribution in [0.1, 0.15) is 70.1 Å². The minimum absolute atomic E-state index is 0.472. The smallest absolute Gasteiger partial charge is 0.133 e. The molecule has 3 nitrogen and oxygen atoms in total. The molecule has 1 fully saturated rings. The largest absolute Gasteiger partial charge is 0.367 e. The van der Waals surface area contributed by atoms with E-state index in [2.05, 4.69) is 29.1 Å². The summed E-state index contributed by atoms with van der Waals surface area (Å²) in [6, 6.07) is 0.584. The number of aromatic nitrogens is 2. The number of aryl methyl sites for hydroxylation is 1. The van der Waals surface area contributed by atoms with Gasteiger partial charge in [-0.2, -0.15) is 0 Å². The maximum atomic E-state index is 4.55. The van der Waals surface area contributed by atoms with Gasteiger partial charge in [0.05, 0.1) is 0 Å². The van der Waals surface area contributed by atoms with E-state index in [1.165, 1.54) is 56.2 Å². The number of anilines is 1. The monoisotopic (exact) mass is 273 g/mol. The molecule has 1 unspecified atom stereocenters. The highest BCUT2D eigenvalue weighted by atomic mass is 15.0. The number of nitrogens with one attached hydrogen (secondary N) is 1. The first-order chi connectivity index (χ1) is 9.64. The summed E-state index contributed by atoms with van der Waals surface area (Å²) in [4.78, 5) is 9.06. The molecule has 20 heavy (non-hydrogen) atoms. The van der Waals surface area contributed by atoms with Crippen LogP contribution in [0.4, 0.5) is 5.82 Å². The van der Waals surface area contributed by atoms with Crippen molar-refractivity contribution >= 4 is 5.82 Å². The molecule has 0 aromatic carbocycles. The van der Waals surface area contributed by atoms with Gasteiger partial charge >= 0.3 is 0 Å². The predicted molar refractivity (Wildman–Crippen MR) is 83.0 cm³/mol. The van der Waals surface area contributed by atoms with Crippen LogP contribution in [-0.2, 0) is 12.8 Å². The van der Waals surface area contributed by atoms with E-state index in [1.807, 2.05) is 0 Å². The van der Waals surface area contributed by atoms with E-state index >= 15 is 0 Å². The molecule has 0 saturated heterocycles. The quantitative estimate of drug-likeness (QED) is 0.823. The highest BCUT2D eigenvalue weighted by Gasteiger charge is 2.28. The molecule has 110 valence electrons. The zero-order valence-electron chi connectivity index (χ0n) is 12.9. The number of hydrogen-bond acceptors (Lipinski definition) is 3. The Balaban J connectivity index is 1.77. The second-order valence-corrected chi connectivity index (χ2v) is 7.31. The van der Waals surface area contributed by atoms with Crippen molar-refractivity contribution in [2.45, 2.75) is 77.7 Å². The van der Waals surface area contributed by atoms with E-state index in [0.29, 0.717) is 11.5 Å². The van der Waals surface area contributed by atoms with E-state index < -0.39 is 0 Å². The van der Waals surface area contributed by atoms with Crippen LogP contribution in [-0.4, -0.2) is 16.0 Å². The van der Waals surface area contributed by atoms with Gasteiger partial charge < -0.3 is 5.32 Å². The summed E-state index contributed by atoms with van der Waals surface area (Å²) in [6.45, 7) is 4.78. The van der Waals surface area contributed by atoms with Crippen molar-refractivity contribution in [1.29, 1.82) is 0 Å². The van der Waals surface area contributed by atoms with E-state index in [0.717, 1.165) is 18.7 Å². The van der Waals surface area contributed by atoms with Crippen molar-refractivity contribution < 1.29 is 0 Å². The maximum absolute atomic E-state index is 4.55. The van der Waals surface area contributed by atoms with Crippen LogP contribution in [0.2, 0.25) is 0 Å². The van der Waals surface area contributed by atoms with Crippen LogP contribution in [0.3, 0.4) is 0 Å². The van der Waals surface area contributed by atoms with E-state index in [-0.39, 0.29) is 0 Å². The van der Waals surface area contributed by atoms with Gasteiger partial charge in [-0.25, -0.2) is 9.97 Å². The first-order valence-corrected chi connectivity index (χ1v) is 8.23. The maximum Gasteiger partial charge on any atom is 0.133 e. The highest BCUT2D eigenvalue weighted by Crippen LogP contribution is 2.36. The fourth-order valence-corrected chi connectivity index (χ4v) is 3.84. The summed E-state index contributed by atoms with van der Waals surface area (Å²) >= 11 is 0. The Morgan fingerprint density at radius 2 is 1.95 bits per heavy atom. The summed E-state index contributed by atoms with van der Waals surface area (Å²) in [5, 5.41) is 3.74. The predicted octanol–water partition coefficient (Wildman–Crippen LogP) is 4.13. The molecular weight excluding hydrogens is 246 g/mol. The van der Waals surface area contributed by atoms with Crippen molar-refractivity contribution in [2.75, 3.05) is 5.32 Å². The molecule has 1 N–H and O–H groups in total. The molecule has 2 aliphatic rings. The minimum atomic E-state index is 0.472. The fraction of sp³-hybridized carbons (Fsp3) is 0.765. The molecule has 0 amide bonds. The Bertz CT molecular complexity index is 467. The number of nitrogens with zero attached hydrogens (tertiary/aromatic N) is 2. The van der Waals surface area contributed by atoms with E-state index in [4.69, 9.17) is 0 Å². The molecule has 0 bridgehead atoms. The lowest BCUT2D eigenvalue weighted by molar-refractivity contribution is 0.229. The standard InChI is InChI=1S/C17H27N3/c1-17(2)10-6-7-13(11-17)20-16-14-8-4-3-5-9-15(14)18-12-19-16/h12-13H,3-11H2,1-2H3,(H,18,19,20). The van der Waals surface area contributed by atoms with Gasteiger partial charge in [-0.05, 0) is 50.4 Å². The second kappa shape index (κ2) is 5.71. The van der Waals surface area contributed by atoms with E-state index in [9.17, 15) is 0 Å². The summed E-state index contributed by atoms with van der Waals surface area (Å²) < 4.78 is 0. The van der Waals surface area contributed by atoms with Gasteiger partial charge in [-0.3, -0.25) is 0 Å². The van der Waals surface area contributed by atoms with Crippen LogP contribution in [0.25, 0.3) is 0 Å². The molecule has 1 saturated carbocycles. The Morgan fingerprint density at radius 3 is 2.80 bits per heavy atom. The molecule has 3 heteroatoms. The lowest BCUT2D eigenvalue weighted by Crippen LogP contribution is -2.32. The summed E-state index contributed by atoms with van der Waals surface area (Å²) in [7, 11) is 0. The minimum Gasteiger partial charge on any atom is -0.367 e. The van der Waals surface area contributed by atoms with Gasteiger partial charge in [0, 0.05) is 17.3 Å². The van der Waals surface area contributed by atoms with Crippen molar-refractivity contribution in [3.63, 3.8) is 0 Å². The molecule has 1 aromatic heterocycles. The van der Waals surface area contributed by atoms with Gasteiger partial charge in [0.15, 0.2) is 0 Å². The second-order valence-electron chi connectivity index (χ2n) is 7.31. The van der Waals surface area contributed by atoms with Crippen LogP contribution in [0.5, 0.6) is 0 Å². The van der Waals surface area contributed by atoms with Crippen LogP contribution >= 0.6 is 0 Å². The Morgan fingerprint density at radius 1 is 1.10 bits per heavy atom. The first kappa shape index (κ1) is 13.8. The zero-order chi connectivity index (χ0) is 14.0. The molecule has 1 aromatic rings. The zero-order valence-corrected chi connectivity index (χ0v) is 12.9. The van der Waals surface area contributed by atoms with Crippen molar-refractivity contribution in [3.05, 3.63) is 17.6 Å². The highest BCUT2D eigenvalue weighted by molar-refractivity contribution is 5.47. The molecular formula is C17H27N3. The fourth-order valence-electron chi connectivity index (χ4n) is 3.84. The molecule has 0 radical (unpaired) electrons. The van der Waals surface area contributed by atoms with Gasteiger partial charge in [-0.1, -0.05) is 26.7 Å². The van der Waals surface area contributed by atoms with Gasteiger partial charge in [-0.15, -0.1) is 0 Å².